The van der Waals surface area contributed by atoms with Gasteiger partial charge in [0.05, 0.1) is 13.0 Å². The fraction of sp³-hybridized carbons (Fsp3) is 0.348. The molecule has 158 valence electrons. The summed E-state index contributed by atoms with van der Waals surface area (Å²) in [5, 5.41) is 10.3. The van der Waals surface area contributed by atoms with Crippen molar-refractivity contribution in [3.63, 3.8) is 0 Å². The molecule has 0 spiro atoms. The normalized spacial score (nSPS) is 15.5. The van der Waals surface area contributed by atoms with Crippen LogP contribution in [-0.2, 0) is 16.0 Å². The SMILES string of the molecule is CC(C)(C)OC(=O)CC1COc2ccc(NC(=O)c3ccc(C(=N)N)cc3)cc2C1. The first kappa shape index (κ1) is 21.4. The minimum atomic E-state index is -0.509. The Morgan fingerprint density at radius 2 is 1.83 bits per heavy atom. The Bertz CT molecular complexity index is 961. The average Bonchev–Trinajstić information content (AvgIpc) is 2.66. The Morgan fingerprint density at radius 1 is 1.17 bits per heavy atom. The predicted octanol–water partition coefficient (Wildman–Crippen LogP) is 3.51. The zero-order chi connectivity index (χ0) is 21.9. The van der Waals surface area contributed by atoms with Gasteiger partial charge >= 0.3 is 5.97 Å². The lowest BCUT2D eigenvalue weighted by Crippen LogP contribution is -2.29. The molecule has 0 fully saturated rings. The second-order valence-corrected chi connectivity index (χ2v) is 8.44. The van der Waals surface area contributed by atoms with Crippen molar-refractivity contribution in [3.8, 4) is 5.75 Å². The number of nitrogen functional groups attached to an aromatic ring is 1. The molecule has 0 aromatic heterocycles. The average molecular weight is 409 g/mol. The number of nitrogens with one attached hydrogen (secondary N) is 2. The summed E-state index contributed by atoms with van der Waals surface area (Å²) in [7, 11) is 0. The first-order valence-corrected chi connectivity index (χ1v) is 9.84. The Morgan fingerprint density at radius 3 is 2.47 bits per heavy atom. The van der Waals surface area contributed by atoms with Crippen LogP contribution in [0.2, 0.25) is 0 Å². The lowest BCUT2D eigenvalue weighted by Gasteiger charge is -2.27. The summed E-state index contributed by atoms with van der Waals surface area (Å²) in [5.74, 6) is 0.249. The van der Waals surface area contributed by atoms with Gasteiger partial charge in [0.25, 0.3) is 5.91 Å². The zero-order valence-electron chi connectivity index (χ0n) is 17.5. The molecule has 7 nitrogen and oxygen atoms in total. The smallest absolute Gasteiger partial charge is 0.306 e. The molecule has 1 heterocycles. The van der Waals surface area contributed by atoms with E-state index in [0.717, 1.165) is 11.3 Å². The van der Waals surface area contributed by atoms with E-state index in [1.165, 1.54) is 0 Å². The first-order chi connectivity index (χ1) is 14.1. The predicted molar refractivity (Wildman–Crippen MR) is 115 cm³/mol. The van der Waals surface area contributed by atoms with Crippen LogP contribution in [0, 0.1) is 11.3 Å². The lowest BCUT2D eigenvalue weighted by molar-refractivity contribution is -0.156. The van der Waals surface area contributed by atoms with Crippen LogP contribution < -0.4 is 15.8 Å². The van der Waals surface area contributed by atoms with Crippen molar-refractivity contribution in [1.29, 1.82) is 5.41 Å². The van der Waals surface area contributed by atoms with Crippen LogP contribution >= 0.6 is 0 Å². The van der Waals surface area contributed by atoms with Gasteiger partial charge in [0.1, 0.15) is 17.2 Å². The number of carbonyl (C=O) groups is 2. The van der Waals surface area contributed by atoms with Gasteiger partial charge in [-0.3, -0.25) is 15.0 Å². The number of amides is 1. The third-order valence-corrected chi connectivity index (χ3v) is 4.63. The Labute approximate surface area is 176 Å². The minimum Gasteiger partial charge on any atom is -0.493 e. The number of fused-ring (bicyclic) bond motifs is 1. The van der Waals surface area contributed by atoms with Crippen molar-refractivity contribution in [2.75, 3.05) is 11.9 Å². The van der Waals surface area contributed by atoms with E-state index in [1.54, 1.807) is 30.3 Å². The van der Waals surface area contributed by atoms with Gasteiger partial charge < -0.3 is 20.5 Å². The Kier molecular flexibility index (Phi) is 6.10. The van der Waals surface area contributed by atoms with E-state index in [-0.39, 0.29) is 30.1 Å². The molecular weight excluding hydrogens is 382 g/mol. The molecule has 7 heteroatoms. The molecule has 0 aliphatic carbocycles. The second-order valence-electron chi connectivity index (χ2n) is 8.44. The van der Waals surface area contributed by atoms with Crippen LogP contribution in [0.1, 0.15) is 48.7 Å². The van der Waals surface area contributed by atoms with E-state index in [1.807, 2.05) is 32.9 Å². The van der Waals surface area contributed by atoms with Crippen molar-refractivity contribution in [3.05, 3.63) is 59.2 Å². The molecule has 0 saturated heterocycles. The highest BCUT2D eigenvalue weighted by Gasteiger charge is 2.25. The van der Waals surface area contributed by atoms with Gasteiger partial charge in [-0.1, -0.05) is 12.1 Å². The van der Waals surface area contributed by atoms with Crippen molar-refractivity contribution < 1.29 is 19.1 Å². The number of amidine groups is 1. The first-order valence-electron chi connectivity index (χ1n) is 9.84. The van der Waals surface area contributed by atoms with E-state index in [4.69, 9.17) is 20.6 Å². The summed E-state index contributed by atoms with van der Waals surface area (Å²) in [6, 6.07) is 12.0. The molecule has 0 saturated carbocycles. The van der Waals surface area contributed by atoms with Crippen molar-refractivity contribution in [2.24, 2.45) is 11.7 Å². The van der Waals surface area contributed by atoms with E-state index < -0.39 is 5.60 Å². The lowest BCUT2D eigenvalue weighted by atomic mass is 9.93. The maximum atomic E-state index is 12.5. The third-order valence-electron chi connectivity index (χ3n) is 4.63. The number of carbonyl (C=O) groups excluding carboxylic acids is 2. The van der Waals surface area contributed by atoms with Crippen LogP contribution in [-0.4, -0.2) is 29.9 Å². The van der Waals surface area contributed by atoms with Crippen LogP contribution in [0.25, 0.3) is 0 Å². The number of nitrogens with two attached hydrogens (primary N) is 1. The largest absolute Gasteiger partial charge is 0.493 e. The quantitative estimate of drug-likeness (QED) is 0.397. The molecule has 4 N–H and O–H groups in total. The molecule has 1 aliphatic rings. The van der Waals surface area contributed by atoms with Crippen LogP contribution in [0.4, 0.5) is 5.69 Å². The summed E-state index contributed by atoms with van der Waals surface area (Å²) in [6.45, 7) is 6.00. The highest BCUT2D eigenvalue weighted by atomic mass is 16.6. The molecule has 0 bridgehead atoms. The summed E-state index contributed by atoms with van der Waals surface area (Å²) in [5.41, 5.74) is 7.56. The highest BCUT2D eigenvalue weighted by Crippen LogP contribution is 2.31. The molecule has 1 unspecified atom stereocenters. The third kappa shape index (κ3) is 5.59. The maximum Gasteiger partial charge on any atom is 0.306 e. The molecular formula is C23H27N3O4. The number of esters is 1. The molecule has 1 atom stereocenters. The van der Waals surface area contributed by atoms with Gasteiger partial charge in [0, 0.05) is 22.7 Å². The van der Waals surface area contributed by atoms with E-state index in [0.29, 0.717) is 29.8 Å². The van der Waals surface area contributed by atoms with Gasteiger partial charge in [0.15, 0.2) is 0 Å². The Hall–Kier alpha value is -3.35. The number of ether oxygens (including phenoxy) is 2. The second kappa shape index (κ2) is 8.57. The fourth-order valence-corrected chi connectivity index (χ4v) is 3.29. The van der Waals surface area contributed by atoms with Gasteiger partial charge in [-0.15, -0.1) is 0 Å². The fourth-order valence-electron chi connectivity index (χ4n) is 3.29. The molecule has 3 rings (SSSR count). The number of hydrogen-bond donors (Lipinski definition) is 3. The number of anilines is 1. The number of benzene rings is 2. The Balaban J connectivity index is 1.65. The van der Waals surface area contributed by atoms with Crippen molar-refractivity contribution in [1.82, 2.24) is 0 Å². The molecule has 2 aromatic rings. The standard InChI is InChI=1S/C23H27N3O4/c1-23(2,3)30-20(27)11-14-10-17-12-18(8-9-19(17)29-13-14)26-22(28)16-6-4-15(5-7-16)21(24)25/h4-9,12,14H,10-11,13H2,1-3H3,(H3,24,25)(H,26,28). The molecule has 0 radical (unpaired) electrons. The van der Waals surface area contributed by atoms with E-state index >= 15 is 0 Å². The summed E-state index contributed by atoms with van der Waals surface area (Å²) in [6.07, 6.45) is 0.960. The van der Waals surface area contributed by atoms with E-state index in [9.17, 15) is 9.59 Å². The molecule has 2 aromatic carbocycles. The van der Waals surface area contributed by atoms with Crippen LogP contribution in [0.5, 0.6) is 5.75 Å². The van der Waals surface area contributed by atoms with Crippen molar-refractivity contribution >= 4 is 23.4 Å². The number of hydrogen-bond acceptors (Lipinski definition) is 5. The van der Waals surface area contributed by atoms with Gasteiger partial charge in [0.2, 0.25) is 0 Å². The topological polar surface area (TPSA) is 114 Å². The molecule has 1 aliphatic heterocycles. The van der Waals surface area contributed by atoms with Gasteiger partial charge in [-0.25, -0.2) is 0 Å². The summed E-state index contributed by atoms with van der Waals surface area (Å²) < 4.78 is 11.2. The van der Waals surface area contributed by atoms with Crippen LogP contribution in [0.15, 0.2) is 42.5 Å². The number of rotatable bonds is 5. The van der Waals surface area contributed by atoms with Crippen molar-refractivity contribution in [2.45, 2.75) is 39.2 Å². The summed E-state index contributed by atoms with van der Waals surface area (Å²) >= 11 is 0. The van der Waals surface area contributed by atoms with Gasteiger partial charge in [-0.05, 0) is 63.1 Å². The van der Waals surface area contributed by atoms with Crippen LogP contribution in [0.3, 0.4) is 0 Å². The van der Waals surface area contributed by atoms with Gasteiger partial charge in [-0.2, -0.15) is 0 Å². The summed E-state index contributed by atoms with van der Waals surface area (Å²) in [4.78, 5) is 24.6. The highest BCUT2D eigenvalue weighted by molar-refractivity contribution is 6.05. The zero-order valence-corrected chi connectivity index (χ0v) is 17.5. The molecule has 1 amide bonds. The monoisotopic (exact) mass is 409 g/mol. The minimum absolute atomic E-state index is 0.0254. The molecule has 30 heavy (non-hydrogen) atoms. The maximum absolute atomic E-state index is 12.5. The van der Waals surface area contributed by atoms with E-state index in [2.05, 4.69) is 5.32 Å².